The van der Waals surface area contributed by atoms with Gasteiger partial charge in [-0.2, -0.15) is 0 Å². The van der Waals surface area contributed by atoms with E-state index in [4.69, 9.17) is 0 Å². The molecule has 0 bridgehead atoms. The number of benzene rings is 12. The van der Waals surface area contributed by atoms with E-state index in [1.54, 1.807) is 0 Å². The Morgan fingerprint density at radius 3 is 0.661 bits per heavy atom. The molecule has 0 N–H and O–H groups in total. The van der Waals surface area contributed by atoms with Crippen LogP contribution in [0.15, 0.2) is 206 Å². The van der Waals surface area contributed by atoms with Crippen molar-refractivity contribution in [2.45, 2.75) is 0 Å². The zero-order chi connectivity index (χ0) is 36.7. The largest absolute Gasteiger partial charge is 0.0616 e. The molecule has 0 fully saturated rings. The fraction of sp³-hybridized carbons (Fsp3) is 0. The van der Waals surface area contributed by atoms with Crippen molar-refractivity contribution >= 4 is 75.4 Å². The second-order valence-electron chi connectivity index (χ2n) is 15.3. The summed E-state index contributed by atoms with van der Waals surface area (Å²) in [4.78, 5) is 0. The molecule has 0 heteroatoms. The van der Waals surface area contributed by atoms with Gasteiger partial charge in [0.15, 0.2) is 0 Å². The fourth-order valence-corrected chi connectivity index (χ4v) is 9.38. The standard InChI is InChI=1S/C56H34/c1-5-13-39-29-43(21-17-35(39)9-1)51-33-52(44-22-18-36-10-2-6-14-40(36)30-44)48-27-28-50-54(46-24-20-38-12-4-8-16-42(38)32-46)34-53(49-26-25-47(51)55(48)56(49)50)45-23-19-37-11-3-7-15-41(37)31-45/h1-34H. The van der Waals surface area contributed by atoms with Crippen molar-refractivity contribution in [1.82, 2.24) is 0 Å². The lowest BCUT2D eigenvalue weighted by Gasteiger charge is -2.22. The second kappa shape index (κ2) is 12.1. The average Bonchev–Trinajstić information content (AvgIpc) is 3.27. The maximum atomic E-state index is 2.45. The molecule has 0 atom stereocenters. The van der Waals surface area contributed by atoms with E-state index in [2.05, 4.69) is 206 Å². The Hall–Kier alpha value is -7.28. The number of fused-ring (bicyclic) bond motifs is 4. The summed E-state index contributed by atoms with van der Waals surface area (Å²) in [5.74, 6) is 0. The summed E-state index contributed by atoms with van der Waals surface area (Å²) in [6.07, 6.45) is 0. The molecule has 0 saturated heterocycles. The van der Waals surface area contributed by atoms with Gasteiger partial charge >= 0.3 is 0 Å². The van der Waals surface area contributed by atoms with Crippen molar-refractivity contribution in [3.05, 3.63) is 206 Å². The third kappa shape index (κ3) is 4.79. The quantitative estimate of drug-likeness (QED) is 0.160. The molecular weight excluding hydrogens is 673 g/mol. The van der Waals surface area contributed by atoms with E-state index >= 15 is 0 Å². The summed E-state index contributed by atoms with van der Waals surface area (Å²) in [6.45, 7) is 0. The van der Waals surface area contributed by atoms with Gasteiger partial charge in [-0.25, -0.2) is 0 Å². The normalized spacial score (nSPS) is 11.9. The van der Waals surface area contributed by atoms with Crippen LogP contribution in [0.5, 0.6) is 0 Å². The van der Waals surface area contributed by atoms with E-state index < -0.39 is 0 Å². The highest BCUT2D eigenvalue weighted by atomic mass is 14.2. The molecule has 0 heterocycles. The molecule has 12 rings (SSSR count). The molecule has 56 heavy (non-hydrogen) atoms. The first-order valence-corrected chi connectivity index (χ1v) is 19.5. The highest BCUT2D eigenvalue weighted by Crippen LogP contribution is 2.49. The average molecular weight is 707 g/mol. The first kappa shape index (κ1) is 31.1. The summed E-state index contributed by atoms with van der Waals surface area (Å²) in [6, 6.07) is 77.0. The van der Waals surface area contributed by atoms with Gasteiger partial charge in [0.1, 0.15) is 0 Å². The van der Waals surface area contributed by atoms with Crippen LogP contribution in [0.2, 0.25) is 0 Å². The molecule has 12 aromatic carbocycles. The second-order valence-corrected chi connectivity index (χ2v) is 15.3. The van der Waals surface area contributed by atoms with E-state index in [0.29, 0.717) is 0 Å². The minimum absolute atomic E-state index is 1.23. The van der Waals surface area contributed by atoms with Crippen LogP contribution < -0.4 is 0 Å². The Morgan fingerprint density at radius 1 is 0.179 bits per heavy atom. The van der Waals surface area contributed by atoms with Crippen molar-refractivity contribution in [1.29, 1.82) is 0 Å². The predicted molar refractivity (Wildman–Crippen MR) is 242 cm³/mol. The smallest absolute Gasteiger partial charge is 0.00139 e. The molecule has 0 aliphatic rings. The fourth-order valence-electron chi connectivity index (χ4n) is 9.38. The Bertz CT molecular complexity index is 3070. The lowest BCUT2D eigenvalue weighted by molar-refractivity contribution is 1.65. The van der Waals surface area contributed by atoms with Gasteiger partial charge in [0.05, 0.1) is 0 Å². The molecule has 0 amide bonds. The Morgan fingerprint density at radius 2 is 0.411 bits per heavy atom. The van der Waals surface area contributed by atoms with Gasteiger partial charge in [-0.15, -0.1) is 0 Å². The van der Waals surface area contributed by atoms with Crippen LogP contribution in [-0.2, 0) is 0 Å². The van der Waals surface area contributed by atoms with Crippen LogP contribution in [0, 0.1) is 0 Å². The van der Waals surface area contributed by atoms with Gasteiger partial charge in [-0.3, -0.25) is 0 Å². The molecule has 0 unspecified atom stereocenters. The molecule has 0 radical (unpaired) electrons. The molecule has 0 aliphatic heterocycles. The summed E-state index contributed by atoms with van der Waals surface area (Å²) in [5, 5.41) is 17.8. The molecular formula is C56H34. The van der Waals surface area contributed by atoms with Crippen molar-refractivity contribution < 1.29 is 0 Å². The third-order valence-corrected chi connectivity index (χ3v) is 12.1. The number of hydrogen-bond donors (Lipinski definition) is 0. The Labute approximate surface area is 324 Å². The molecule has 0 nitrogen and oxygen atoms in total. The highest BCUT2D eigenvalue weighted by molar-refractivity contribution is 6.32. The topological polar surface area (TPSA) is 0 Å². The van der Waals surface area contributed by atoms with Crippen LogP contribution in [-0.4, -0.2) is 0 Å². The molecule has 12 aromatic rings. The summed E-state index contributed by atoms with van der Waals surface area (Å²) in [5.41, 5.74) is 9.93. The molecule has 0 aliphatic carbocycles. The maximum Gasteiger partial charge on any atom is -0.00139 e. The van der Waals surface area contributed by atoms with Gasteiger partial charge in [0.2, 0.25) is 0 Å². The number of hydrogen-bond acceptors (Lipinski definition) is 0. The van der Waals surface area contributed by atoms with E-state index in [0.717, 1.165) is 0 Å². The van der Waals surface area contributed by atoms with Gasteiger partial charge < -0.3 is 0 Å². The van der Waals surface area contributed by atoms with E-state index in [9.17, 15) is 0 Å². The van der Waals surface area contributed by atoms with Crippen molar-refractivity contribution in [2.24, 2.45) is 0 Å². The Balaban J connectivity index is 1.24. The van der Waals surface area contributed by atoms with Gasteiger partial charge in [0.25, 0.3) is 0 Å². The molecule has 0 saturated carbocycles. The van der Waals surface area contributed by atoms with Gasteiger partial charge in [-0.1, -0.05) is 170 Å². The third-order valence-electron chi connectivity index (χ3n) is 12.1. The first-order chi connectivity index (χ1) is 27.7. The monoisotopic (exact) mass is 706 g/mol. The minimum Gasteiger partial charge on any atom is -0.0616 e. The zero-order valence-electron chi connectivity index (χ0n) is 30.6. The Kier molecular flexibility index (Phi) is 6.73. The predicted octanol–water partition coefficient (Wildman–Crippen LogP) is 15.9. The highest BCUT2D eigenvalue weighted by Gasteiger charge is 2.21. The van der Waals surface area contributed by atoms with Gasteiger partial charge in [-0.05, 0) is 156 Å². The summed E-state index contributed by atoms with van der Waals surface area (Å²) in [7, 11) is 0. The first-order valence-electron chi connectivity index (χ1n) is 19.5. The van der Waals surface area contributed by atoms with Crippen LogP contribution in [0.3, 0.4) is 0 Å². The summed E-state index contributed by atoms with van der Waals surface area (Å²) >= 11 is 0. The summed E-state index contributed by atoms with van der Waals surface area (Å²) < 4.78 is 0. The zero-order valence-corrected chi connectivity index (χ0v) is 30.6. The lowest BCUT2D eigenvalue weighted by Crippen LogP contribution is -1.94. The van der Waals surface area contributed by atoms with Crippen LogP contribution >= 0.6 is 0 Å². The van der Waals surface area contributed by atoms with Crippen LogP contribution in [0.1, 0.15) is 0 Å². The van der Waals surface area contributed by atoms with E-state index in [1.807, 2.05) is 0 Å². The molecule has 258 valence electrons. The van der Waals surface area contributed by atoms with Crippen molar-refractivity contribution in [3.8, 4) is 44.5 Å². The van der Waals surface area contributed by atoms with E-state index in [1.165, 1.54) is 120 Å². The molecule has 0 aromatic heterocycles. The SMILES string of the molecule is c1ccc2cc(-c3cc(-c4ccc5ccccc5c4)c4ccc5c(-c6ccc7ccccc7c6)cc(-c6ccc7ccccc7c6)c6ccc3c4c65)ccc2c1. The van der Waals surface area contributed by atoms with Crippen molar-refractivity contribution in [2.75, 3.05) is 0 Å². The minimum atomic E-state index is 1.23. The number of rotatable bonds is 4. The van der Waals surface area contributed by atoms with Crippen LogP contribution in [0.4, 0.5) is 0 Å². The van der Waals surface area contributed by atoms with Gasteiger partial charge in [0, 0.05) is 0 Å². The van der Waals surface area contributed by atoms with E-state index in [-0.39, 0.29) is 0 Å². The maximum absolute atomic E-state index is 2.45. The van der Waals surface area contributed by atoms with Crippen molar-refractivity contribution in [3.63, 3.8) is 0 Å². The molecule has 0 spiro atoms. The lowest BCUT2D eigenvalue weighted by atomic mass is 9.81. The van der Waals surface area contributed by atoms with Crippen LogP contribution in [0.25, 0.3) is 120 Å².